The Morgan fingerprint density at radius 2 is 1.91 bits per heavy atom. The standard InChI is InChI=1S/C25H32FN5O3S/c1-15-13-27-20(16(2)22(15)33-6)14-35-23-28-18-11-17(26)21(12-19(18)29-23)30-7-9-31(10-8-30)24(32)34-25(3,4)5/h11-13H,7-10,14H2,1-6H3,(H,28,29). The van der Waals surface area contributed by atoms with Gasteiger partial charge in [-0.1, -0.05) is 11.8 Å². The molecule has 0 aliphatic carbocycles. The van der Waals surface area contributed by atoms with Crippen molar-refractivity contribution in [1.29, 1.82) is 0 Å². The number of imidazole rings is 1. The van der Waals surface area contributed by atoms with E-state index in [1.54, 1.807) is 18.1 Å². The summed E-state index contributed by atoms with van der Waals surface area (Å²) >= 11 is 1.51. The topological polar surface area (TPSA) is 83.6 Å². The maximum absolute atomic E-state index is 15.0. The summed E-state index contributed by atoms with van der Waals surface area (Å²) in [4.78, 5) is 28.3. The average molecular weight is 502 g/mol. The number of H-pyrrole nitrogens is 1. The fourth-order valence-corrected chi connectivity index (χ4v) is 5.03. The van der Waals surface area contributed by atoms with Crippen LogP contribution in [-0.4, -0.2) is 64.8 Å². The van der Waals surface area contributed by atoms with Gasteiger partial charge in [0.05, 0.1) is 29.5 Å². The van der Waals surface area contributed by atoms with Crippen LogP contribution in [0.1, 0.15) is 37.6 Å². The van der Waals surface area contributed by atoms with Gasteiger partial charge in [0.2, 0.25) is 0 Å². The summed E-state index contributed by atoms with van der Waals surface area (Å²) in [6, 6.07) is 3.26. The van der Waals surface area contributed by atoms with Gasteiger partial charge in [-0.15, -0.1) is 0 Å². The minimum atomic E-state index is -0.540. The van der Waals surface area contributed by atoms with Crippen molar-refractivity contribution in [2.75, 3.05) is 38.2 Å². The number of anilines is 1. The fourth-order valence-electron chi connectivity index (χ4n) is 4.12. The molecular formula is C25H32FN5O3S. The van der Waals surface area contributed by atoms with Crippen molar-refractivity contribution >= 4 is 34.6 Å². The molecular weight excluding hydrogens is 469 g/mol. The summed E-state index contributed by atoms with van der Waals surface area (Å²) in [6.45, 7) is 11.5. The number of rotatable bonds is 5. The van der Waals surface area contributed by atoms with Gasteiger partial charge in [-0.25, -0.2) is 14.2 Å². The first kappa shape index (κ1) is 25.1. The molecule has 188 valence electrons. The molecule has 3 aromatic rings. The first-order chi connectivity index (χ1) is 16.6. The number of carbonyl (C=O) groups is 1. The van der Waals surface area contributed by atoms with Crippen molar-refractivity contribution in [2.45, 2.75) is 51.1 Å². The smallest absolute Gasteiger partial charge is 0.410 e. The van der Waals surface area contributed by atoms with E-state index in [9.17, 15) is 9.18 Å². The number of benzene rings is 1. The Hall–Kier alpha value is -3.01. The number of ether oxygens (including phenoxy) is 2. The van der Waals surface area contributed by atoms with E-state index in [4.69, 9.17) is 9.47 Å². The number of thioether (sulfide) groups is 1. The average Bonchev–Trinajstić information content (AvgIpc) is 3.19. The third-order valence-electron chi connectivity index (χ3n) is 5.90. The third kappa shape index (κ3) is 5.63. The van der Waals surface area contributed by atoms with Gasteiger partial charge in [-0.3, -0.25) is 4.98 Å². The lowest BCUT2D eigenvalue weighted by Gasteiger charge is -2.36. The molecule has 4 rings (SSSR count). The number of aryl methyl sites for hydroxylation is 1. The molecule has 0 radical (unpaired) electrons. The first-order valence-corrected chi connectivity index (χ1v) is 12.6. The summed E-state index contributed by atoms with van der Waals surface area (Å²) < 4.78 is 25.9. The van der Waals surface area contributed by atoms with Crippen LogP contribution in [0.15, 0.2) is 23.5 Å². The van der Waals surface area contributed by atoms with E-state index in [-0.39, 0.29) is 11.9 Å². The number of piperazine rings is 1. The van der Waals surface area contributed by atoms with Crippen molar-refractivity contribution in [1.82, 2.24) is 19.9 Å². The number of hydrogen-bond acceptors (Lipinski definition) is 7. The van der Waals surface area contributed by atoms with Gasteiger partial charge in [0.15, 0.2) is 5.16 Å². The highest BCUT2D eigenvalue weighted by Crippen LogP contribution is 2.31. The second-order valence-corrected chi connectivity index (χ2v) is 10.6. The molecule has 1 aromatic carbocycles. The molecule has 1 N–H and O–H groups in total. The van der Waals surface area contributed by atoms with Crippen molar-refractivity contribution < 1.29 is 18.7 Å². The van der Waals surface area contributed by atoms with E-state index in [1.165, 1.54) is 17.8 Å². The number of pyridine rings is 1. The van der Waals surface area contributed by atoms with Crippen LogP contribution in [0.3, 0.4) is 0 Å². The van der Waals surface area contributed by atoms with Gasteiger partial charge < -0.3 is 24.3 Å². The lowest BCUT2D eigenvalue weighted by atomic mass is 10.1. The molecule has 0 unspecified atom stereocenters. The monoisotopic (exact) mass is 501 g/mol. The highest BCUT2D eigenvalue weighted by Gasteiger charge is 2.27. The Morgan fingerprint density at radius 3 is 2.57 bits per heavy atom. The van der Waals surface area contributed by atoms with Gasteiger partial charge in [0, 0.05) is 55.3 Å². The molecule has 1 amide bonds. The number of aromatic amines is 1. The van der Waals surface area contributed by atoms with E-state index in [1.807, 2.05) is 45.7 Å². The van der Waals surface area contributed by atoms with Crippen LogP contribution in [0.25, 0.3) is 11.0 Å². The number of nitrogens with zero attached hydrogens (tertiary/aromatic N) is 4. The zero-order valence-corrected chi connectivity index (χ0v) is 21.9. The third-order valence-corrected chi connectivity index (χ3v) is 6.78. The number of hydrogen-bond donors (Lipinski definition) is 1. The van der Waals surface area contributed by atoms with Crippen LogP contribution in [0.5, 0.6) is 5.75 Å². The van der Waals surface area contributed by atoms with E-state index >= 15 is 0 Å². The number of amides is 1. The molecule has 35 heavy (non-hydrogen) atoms. The second kappa shape index (κ2) is 9.93. The predicted octanol–water partition coefficient (Wildman–Crippen LogP) is 5.07. The number of nitrogens with one attached hydrogen (secondary N) is 1. The Bertz CT molecular complexity index is 1230. The molecule has 1 fully saturated rings. The van der Waals surface area contributed by atoms with Crippen LogP contribution in [0.2, 0.25) is 0 Å². The molecule has 1 aliphatic heterocycles. The summed E-state index contributed by atoms with van der Waals surface area (Å²) in [7, 11) is 1.66. The van der Waals surface area contributed by atoms with Crippen LogP contribution in [-0.2, 0) is 10.5 Å². The van der Waals surface area contributed by atoms with Gasteiger partial charge in [-0.2, -0.15) is 0 Å². The highest BCUT2D eigenvalue weighted by molar-refractivity contribution is 7.98. The lowest BCUT2D eigenvalue weighted by molar-refractivity contribution is 0.0240. The zero-order valence-electron chi connectivity index (χ0n) is 21.1. The van der Waals surface area contributed by atoms with Gasteiger partial charge in [0.25, 0.3) is 0 Å². The summed E-state index contributed by atoms with van der Waals surface area (Å²) in [5.74, 6) is 1.15. The van der Waals surface area contributed by atoms with Gasteiger partial charge in [0.1, 0.15) is 17.2 Å². The Labute approximate surface area is 209 Å². The highest BCUT2D eigenvalue weighted by atomic mass is 32.2. The molecule has 2 aromatic heterocycles. The van der Waals surface area contributed by atoms with E-state index in [2.05, 4.69) is 15.0 Å². The predicted molar refractivity (Wildman–Crippen MR) is 136 cm³/mol. The summed E-state index contributed by atoms with van der Waals surface area (Å²) in [5, 5.41) is 0.701. The number of methoxy groups -OCH3 is 1. The quantitative estimate of drug-likeness (QED) is 0.489. The molecule has 8 nitrogen and oxygen atoms in total. The Kier molecular flexibility index (Phi) is 7.12. The second-order valence-electron chi connectivity index (χ2n) is 9.65. The van der Waals surface area contributed by atoms with Crippen molar-refractivity contribution in [3.8, 4) is 5.75 Å². The largest absolute Gasteiger partial charge is 0.496 e. The van der Waals surface area contributed by atoms with Gasteiger partial charge >= 0.3 is 6.09 Å². The summed E-state index contributed by atoms with van der Waals surface area (Å²) in [6.07, 6.45) is 1.47. The van der Waals surface area contributed by atoms with Crippen LogP contribution >= 0.6 is 11.8 Å². The minimum absolute atomic E-state index is 0.316. The number of halogens is 1. The normalized spacial score (nSPS) is 14.5. The number of aromatic nitrogens is 3. The molecule has 10 heteroatoms. The van der Waals surface area contributed by atoms with Crippen molar-refractivity contribution in [3.63, 3.8) is 0 Å². The van der Waals surface area contributed by atoms with E-state index in [0.29, 0.717) is 53.8 Å². The van der Waals surface area contributed by atoms with Crippen LogP contribution < -0.4 is 9.64 Å². The van der Waals surface area contributed by atoms with Crippen molar-refractivity contribution in [2.24, 2.45) is 0 Å². The first-order valence-electron chi connectivity index (χ1n) is 11.6. The van der Waals surface area contributed by atoms with E-state index in [0.717, 1.165) is 22.6 Å². The van der Waals surface area contributed by atoms with Crippen LogP contribution in [0.4, 0.5) is 14.9 Å². The number of carbonyl (C=O) groups excluding carboxylic acids is 1. The number of fused-ring (bicyclic) bond motifs is 1. The Balaban J connectivity index is 1.44. The van der Waals surface area contributed by atoms with Crippen LogP contribution in [0, 0.1) is 19.7 Å². The molecule has 0 bridgehead atoms. The molecule has 3 heterocycles. The SMILES string of the molecule is COc1c(C)cnc(CSc2nc3cc(N4CCN(C(=O)OC(C)(C)C)CC4)c(F)cc3[nH]2)c1C. The maximum atomic E-state index is 15.0. The zero-order chi connectivity index (χ0) is 25.3. The maximum Gasteiger partial charge on any atom is 0.410 e. The Morgan fingerprint density at radius 1 is 1.20 bits per heavy atom. The fraction of sp³-hybridized carbons (Fsp3) is 0.480. The van der Waals surface area contributed by atoms with E-state index < -0.39 is 5.60 Å². The molecule has 0 atom stereocenters. The molecule has 0 saturated carbocycles. The van der Waals surface area contributed by atoms with Crippen molar-refractivity contribution in [3.05, 3.63) is 41.0 Å². The lowest BCUT2D eigenvalue weighted by Crippen LogP contribution is -2.50. The minimum Gasteiger partial charge on any atom is -0.496 e. The molecule has 0 spiro atoms. The molecule has 1 saturated heterocycles. The van der Waals surface area contributed by atoms with Gasteiger partial charge in [-0.05, 0) is 40.7 Å². The molecule has 1 aliphatic rings. The summed E-state index contributed by atoms with van der Waals surface area (Å²) in [5.41, 5.74) is 4.23.